The van der Waals surface area contributed by atoms with Crippen molar-refractivity contribution in [1.29, 1.82) is 0 Å². The second kappa shape index (κ2) is 4.44. The Labute approximate surface area is 107 Å². The number of carboxylic acid groups (broad SMARTS) is 1. The number of ether oxygens (including phenoxy) is 1. The molecule has 1 heterocycles. The summed E-state index contributed by atoms with van der Waals surface area (Å²) in [5.74, 6) is -0.821. The van der Waals surface area contributed by atoms with Gasteiger partial charge in [-0.1, -0.05) is 6.42 Å². The number of carbonyl (C=O) groups is 2. The lowest BCUT2D eigenvalue weighted by molar-refractivity contribution is -0.311. The van der Waals surface area contributed by atoms with Crippen molar-refractivity contribution in [1.82, 2.24) is 4.90 Å². The third-order valence-electron chi connectivity index (χ3n) is 3.76. The van der Waals surface area contributed by atoms with Crippen LogP contribution in [0, 0.1) is 11.8 Å². The highest BCUT2D eigenvalue weighted by molar-refractivity contribution is 5.80. The Bertz CT molecular complexity index is 360. The van der Waals surface area contributed by atoms with Crippen molar-refractivity contribution in [2.24, 2.45) is 11.8 Å². The van der Waals surface area contributed by atoms with Crippen molar-refractivity contribution in [3.63, 3.8) is 0 Å². The van der Waals surface area contributed by atoms with E-state index in [0.29, 0.717) is 12.5 Å². The molecule has 0 aromatic heterocycles. The van der Waals surface area contributed by atoms with Gasteiger partial charge in [-0.2, -0.15) is 0 Å². The molecule has 2 rings (SSSR count). The second-order valence-electron chi connectivity index (χ2n) is 6.25. The van der Waals surface area contributed by atoms with Crippen molar-refractivity contribution in [2.75, 3.05) is 6.54 Å². The topological polar surface area (TPSA) is 69.7 Å². The summed E-state index contributed by atoms with van der Waals surface area (Å²) in [6.07, 6.45) is 2.36. The number of hydrogen-bond donors (Lipinski definition) is 0. The minimum absolute atomic E-state index is 0.0440. The van der Waals surface area contributed by atoms with E-state index in [4.69, 9.17) is 4.74 Å². The summed E-state index contributed by atoms with van der Waals surface area (Å²) in [4.78, 5) is 24.6. The molecule has 5 nitrogen and oxygen atoms in total. The number of likely N-dealkylation sites (tertiary alicyclic amines) is 1. The maximum atomic E-state index is 12.0. The number of hydrogen-bond acceptors (Lipinski definition) is 4. The molecule has 5 heteroatoms. The smallest absolute Gasteiger partial charge is 0.410 e. The van der Waals surface area contributed by atoms with Gasteiger partial charge in [0.1, 0.15) is 5.60 Å². The number of rotatable bonds is 1. The fourth-order valence-electron chi connectivity index (χ4n) is 3.12. The van der Waals surface area contributed by atoms with E-state index in [0.717, 1.165) is 19.3 Å². The molecule has 0 unspecified atom stereocenters. The molecule has 0 aromatic rings. The molecule has 18 heavy (non-hydrogen) atoms. The van der Waals surface area contributed by atoms with Crippen LogP contribution in [0.25, 0.3) is 0 Å². The van der Waals surface area contributed by atoms with E-state index in [-0.39, 0.29) is 5.92 Å². The molecule has 102 valence electrons. The van der Waals surface area contributed by atoms with Gasteiger partial charge in [0, 0.05) is 6.54 Å². The van der Waals surface area contributed by atoms with E-state index in [9.17, 15) is 14.7 Å². The van der Waals surface area contributed by atoms with E-state index in [2.05, 4.69) is 0 Å². The van der Waals surface area contributed by atoms with E-state index in [1.54, 1.807) is 20.8 Å². The summed E-state index contributed by atoms with van der Waals surface area (Å²) in [5, 5.41) is 11.3. The summed E-state index contributed by atoms with van der Waals surface area (Å²) in [7, 11) is 0. The van der Waals surface area contributed by atoms with Crippen LogP contribution in [0.5, 0.6) is 0 Å². The highest BCUT2D eigenvalue weighted by Gasteiger charge is 2.47. The quantitative estimate of drug-likeness (QED) is 0.693. The molecule has 0 spiro atoms. The van der Waals surface area contributed by atoms with E-state index in [1.165, 1.54) is 4.90 Å². The molecule has 1 saturated heterocycles. The first-order valence-electron chi connectivity index (χ1n) is 6.50. The molecular formula is C13H20NO4-. The molecule has 0 N–H and O–H groups in total. The largest absolute Gasteiger partial charge is 0.548 e. The standard InChI is InChI=1S/C13H21NO4/c1-13(2,3)18-12(17)14-7-8-5-4-6-9(8)10(14)11(15)16/h8-10H,4-7H2,1-3H3,(H,15,16)/p-1/t8-,9-,10-/m0/s1. The van der Waals surface area contributed by atoms with Crippen LogP contribution < -0.4 is 5.11 Å². The van der Waals surface area contributed by atoms with Crippen molar-refractivity contribution in [2.45, 2.75) is 51.7 Å². The fraction of sp³-hybridized carbons (Fsp3) is 0.846. The summed E-state index contributed by atoms with van der Waals surface area (Å²) >= 11 is 0. The van der Waals surface area contributed by atoms with Crippen molar-refractivity contribution in [3.05, 3.63) is 0 Å². The van der Waals surface area contributed by atoms with E-state index >= 15 is 0 Å². The zero-order valence-electron chi connectivity index (χ0n) is 11.1. The molecule has 1 amide bonds. The first-order chi connectivity index (χ1) is 8.29. The Morgan fingerprint density at radius 1 is 1.28 bits per heavy atom. The Kier molecular flexibility index (Phi) is 3.25. The number of fused-ring (bicyclic) bond motifs is 1. The minimum Gasteiger partial charge on any atom is -0.548 e. The fourth-order valence-corrected chi connectivity index (χ4v) is 3.12. The van der Waals surface area contributed by atoms with Gasteiger partial charge in [0.15, 0.2) is 0 Å². The predicted octanol–water partition coefficient (Wildman–Crippen LogP) is 0.772. The van der Waals surface area contributed by atoms with Crippen LogP contribution in [0.2, 0.25) is 0 Å². The van der Waals surface area contributed by atoms with Crippen LogP contribution >= 0.6 is 0 Å². The lowest BCUT2D eigenvalue weighted by Gasteiger charge is -2.31. The normalized spacial score (nSPS) is 31.3. The molecule has 2 aliphatic rings. The maximum absolute atomic E-state index is 12.0. The zero-order valence-corrected chi connectivity index (χ0v) is 11.1. The molecule has 3 atom stereocenters. The van der Waals surface area contributed by atoms with Crippen LogP contribution in [-0.4, -0.2) is 35.2 Å². The number of nitrogens with zero attached hydrogens (tertiary/aromatic N) is 1. The van der Waals surface area contributed by atoms with Crippen LogP contribution in [-0.2, 0) is 9.53 Å². The Morgan fingerprint density at radius 2 is 1.94 bits per heavy atom. The van der Waals surface area contributed by atoms with Crippen LogP contribution in [0.15, 0.2) is 0 Å². The maximum Gasteiger partial charge on any atom is 0.410 e. The zero-order chi connectivity index (χ0) is 13.5. The van der Waals surface area contributed by atoms with Crippen LogP contribution in [0.1, 0.15) is 40.0 Å². The number of aliphatic carboxylic acids is 1. The average molecular weight is 254 g/mol. The lowest BCUT2D eigenvalue weighted by atomic mass is 9.94. The summed E-state index contributed by atoms with van der Waals surface area (Å²) < 4.78 is 5.26. The van der Waals surface area contributed by atoms with E-state index in [1.807, 2.05) is 0 Å². The van der Waals surface area contributed by atoms with Crippen molar-refractivity contribution >= 4 is 12.1 Å². The van der Waals surface area contributed by atoms with Gasteiger partial charge in [-0.25, -0.2) is 4.79 Å². The number of carboxylic acids is 1. The SMILES string of the molecule is CC(C)(C)OC(=O)N1C[C@@H]2CCC[C@@H]2[C@H]1C(=O)[O-]. The first kappa shape index (κ1) is 13.2. The second-order valence-corrected chi connectivity index (χ2v) is 6.25. The third-order valence-corrected chi connectivity index (χ3v) is 3.76. The highest BCUT2D eigenvalue weighted by atomic mass is 16.6. The molecule has 0 aromatic carbocycles. The molecule has 1 aliphatic carbocycles. The van der Waals surface area contributed by atoms with Gasteiger partial charge in [0.05, 0.1) is 12.0 Å². The van der Waals surface area contributed by atoms with Gasteiger partial charge in [0.25, 0.3) is 0 Å². The monoisotopic (exact) mass is 254 g/mol. The first-order valence-corrected chi connectivity index (χ1v) is 6.50. The van der Waals surface area contributed by atoms with E-state index < -0.39 is 23.7 Å². The molecule has 0 bridgehead atoms. The average Bonchev–Trinajstić information content (AvgIpc) is 2.70. The van der Waals surface area contributed by atoms with Gasteiger partial charge in [-0.15, -0.1) is 0 Å². The van der Waals surface area contributed by atoms with Gasteiger partial charge in [0.2, 0.25) is 0 Å². The summed E-state index contributed by atoms with van der Waals surface area (Å²) in [6, 6.07) is -0.813. The Hall–Kier alpha value is -1.26. The van der Waals surface area contributed by atoms with Gasteiger partial charge in [-0.3, -0.25) is 4.90 Å². The Morgan fingerprint density at radius 3 is 2.50 bits per heavy atom. The van der Waals surface area contributed by atoms with Gasteiger partial charge >= 0.3 is 6.09 Å². The molecule has 2 fully saturated rings. The predicted molar refractivity (Wildman–Crippen MR) is 62.6 cm³/mol. The van der Waals surface area contributed by atoms with Crippen molar-refractivity contribution in [3.8, 4) is 0 Å². The number of carbonyl (C=O) groups excluding carboxylic acids is 2. The van der Waals surface area contributed by atoms with Gasteiger partial charge in [-0.05, 0) is 45.4 Å². The third kappa shape index (κ3) is 2.44. The highest BCUT2D eigenvalue weighted by Crippen LogP contribution is 2.42. The molecule has 0 radical (unpaired) electrons. The molecular weight excluding hydrogens is 234 g/mol. The van der Waals surface area contributed by atoms with Crippen LogP contribution in [0.4, 0.5) is 4.79 Å². The van der Waals surface area contributed by atoms with Gasteiger partial charge < -0.3 is 14.6 Å². The molecule has 1 aliphatic heterocycles. The van der Waals surface area contributed by atoms with Crippen molar-refractivity contribution < 1.29 is 19.4 Å². The Balaban J connectivity index is 2.12. The summed E-state index contributed by atoms with van der Waals surface area (Å²) in [5.41, 5.74) is -0.606. The summed E-state index contributed by atoms with van der Waals surface area (Å²) in [6.45, 7) is 5.81. The molecule has 1 saturated carbocycles. The minimum atomic E-state index is -1.16. The number of amides is 1. The van der Waals surface area contributed by atoms with Crippen LogP contribution in [0.3, 0.4) is 0 Å². The lowest BCUT2D eigenvalue weighted by Crippen LogP contribution is -2.50.